The molecule has 3 aromatic rings. The number of rotatable bonds is 8. The predicted molar refractivity (Wildman–Crippen MR) is 113 cm³/mol. The molecule has 2 aromatic carbocycles. The molecular weight excluding hydrogens is 368 g/mol. The Morgan fingerprint density at radius 2 is 1.69 bits per heavy atom. The van der Waals surface area contributed by atoms with Gasteiger partial charge in [-0.1, -0.05) is 24.3 Å². The fourth-order valence-electron chi connectivity index (χ4n) is 2.57. The van der Waals surface area contributed by atoms with Crippen LogP contribution in [0, 0.1) is 0 Å². The van der Waals surface area contributed by atoms with Crippen LogP contribution in [-0.2, 0) is 9.59 Å². The topological polar surface area (TPSA) is 92.4 Å². The lowest BCUT2D eigenvalue weighted by molar-refractivity contribution is -0.116. The van der Waals surface area contributed by atoms with Gasteiger partial charge in [-0.2, -0.15) is 0 Å². The van der Waals surface area contributed by atoms with Crippen LogP contribution in [0.5, 0.6) is 5.75 Å². The summed E-state index contributed by atoms with van der Waals surface area (Å²) in [5.41, 5.74) is 2.09. The van der Waals surface area contributed by atoms with E-state index < -0.39 is 0 Å². The summed E-state index contributed by atoms with van der Waals surface area (Å²) in [7, 11) is 0. The summed E-state index contributed by atoms with van der Waals surface area (Å²) >= 11 is 0. The first-order valence-electron chi connectivity index (χ1n) is 9.17. The molecule has 29 heavy (non-hydrogen) atoms. The van der Waals surface area contributed by atoms with Crippen molar-refractivity contribution >= 4 is 34.7 Å². The maximum Gasteiger partial charge on any atom is 0.227 e. The maximum absolute atomic E-state index is 12.0. The normalized spacial score (nSPS) is 10.1. The van der Waals surface area contributed by atoms with Gasteiger partial charge in [0.05, 0.1) is 24.9 Å². The fourth-order valence-corrected chi connectivity index (χ4v) is 2.57. The van der Waals surface area contributed by atoms with Gasteiger partial charge in [-0.25, -0.2) is 4.98 Å². The van der Waals surface area contributed by atoms with Gasteiger partial charge in [0.1, 0.15) is 11.6 Å². The molecule has 0 saturated heterocycles. The zero-order chi connectivity index (χ0) is 20.5. The molecule has 0 unspecified atom stereocenters. The number of para-hydroxylation sites is 1. The van der Waals surface area contributed by atoms with Gasteiger partial charge in [0.25, 0.3) is 0 Å². The second-order valence-electron chi connectivity index (χ2n) is 6.28. The highest BCUT2D eigenvalue weighted by Crippen LogP contribution is 2.20. The zero-order valence-corrected chi connectivity index (χ0v) is 16.0. The molecule has 7 nitrogen and oxygen atoms in total. The molecule has 1 aromatic heterocycles. The summed E-state index contributed by atoms with van der Waals surface area (Å²) in [6.07, 6.45) is 1.82. The predicted octanol–water partition coefficient (Wildman–Crippen LogP) is 4.19. The quantitative estimate of drug-likeness (QED) is 0.536. The van der Waals surface area contributed by atoms with E-state index in [1.807, 2.05) is 48.5 Å². The molecule has 0 spiro atoms. The minimum Gasteiger partial charge on any atom is -0.493 e. The van der Waals surface area contributed by atoms with Crippen molar-refractivity contribution in [1.29, 1.82) is 0 Å². The highest BCUT2D eigenvalue weighted by molar-refractivity contribution is 5.91. The maximum atomic E-state index is 12.0. The number of pyridine rings is 1. The van der Waals surface area contributed by atoms with Gasteiger partial charge in [0.2, 0.25) is 11.8 Å². The molecule has 148 valence electrons. The van der Waals surface area contributed by atoms with Gasteiger partial charge in [0.15, 0.2) is 0 Å². The van der Waals surface area contributed by atoms with Gasteiger partial charge in [-0.15, -0.1) is 0 Å². The minimum absolute atomic E-state index is 0.130. The summed E-state index contributed by atoms with van der Waals surface area (Å²) in [4.78, 5) is 27.5. The number of ether oxygens (including phenoxy) is 1. The Labute approximate surface area is 169 Å². The van der Waals surface area contributed by atoms with Crippen LogP contribution in [0.15, 0.2) is 72.9 Å². The average molecular weight is 390 g/mol. The highest BCUT2D eigenvalue weighted by Gasteiger charge is 2.05. The zero-order valence-electron chi connectivity index (χ0n) is 16.0. The smallest absolute Gasteiger partial charge is 0.227 e. The van der Waals surface area contributed by atoms with E-state index in [1.54, 1.807) is 24.4 Å². The van der Waals surface area contributed by atoms with Crippen molar-refractivity contribution in [2.75, 3.05) is 22.6 Å². The monoisotopic (exact) mass is 390 g/mol. The molecule has 1 heterocycles. The molecule has 3 N–H and O–H groups in total. The van der Waals surface area contributed by atoms with Gasteiger partial charge >= 0.3 is 0 Å². The van der Waals surface area contributed by atoms with Gasteiger partial charge in [-0.3, -0.25) is 9.59 Å². The fraction of sp³-hybridized carbons (Fsp3) is 0.136. The van der Waals surface area contributed by atoms with E-state index in [-0.39, 0.29) is 18.2 Å². The molecule has 3 rings (SSSR count). The molecule has 0 bridgehead atoms. The third-order valence-corrected chi connectivity index (χ3v) is 3.84. The highest BCUT2D eigenvalue weighted by atomic mass is 16.5. The van der Waals surface area contributed by atoms with Gasteiger partial charge < -0.3 is 20.7 Å². The molecule has 2 amide bonds. The van der Waals surface area contributed by atoms with Crippen LogP contribution in [0.4, 0.5) is 22.9 Å². The number of anilines is 4. The molecule has 0 aliphatic rings. The van der Waals surface area contributed by atoms with E-state index in [4.69, 9.17) is 4.74 Å². The van der Waals surface area contributed by atoms with E-state index in [2.05, 4.69) is 20.9 Å². The Hall–Kier alpha value is -3.87. The van der Waals surface area contributed by atoms with E-state index in [0.717, 1.165) is 11.4 Å². The summed E-state index contributed by atoms with van der Waals surface area (Å²) in [6, 6.07) is 20.2. The van der Waals surface area contributed by atoms with Crippen LogP contribution in [0.1, 0.15) is 13.3 Å². The van der Waals surface area contributed by atoms with Crippen molar-refractivity contribution in [3.63, 3.8) is 0 Å². The molecule has 0 fully saturated rings. The van der Waals surface area contributed by atoms with Crippen molar-refractivity contribution in [3.05, 3.63) is 72.9 Å². The second kappa shape index (κ2) is 9.89. The minimum atomic E-state index is -0.147. The number of aromatic nitrogens is 1. The van der Waals surface area contributed by atoms with E-state index in [9.17, 15) is 9.59 Å². The van der Waals surface area contributed by atoms with Crippen molar-refractivity contribution < 1.29 is 14.3 Å². The third-order valence-electron chi connectivity index (χ3n) is 3.84. The van der Waals surface area contributed by atoms with E-state index >= 15 is 0 Å². The molecule has 0 aliphatic heterocycles. The number of carbonyl (C=O) groups is 2. The summed E-state index contributed by atoms with van der Waals surface area (Å²) in [5.74, 6) is 1.08. The number of hydrogen-bond acceptors (Lipinski definition) is 5. The molecule has 0 radical (unpaired) electrons. The Kier molecular flexibility index (Phi) is 6.78. The summed E-state index contributed by atoms with van der Waals surface area (Å²) in [6.45, 7) is 1.76. The van der Waals surface area contributed by atoms with Crippen LogP contribution in [0.25, 0.3) is 0 Å². The first-order valence-corrected chi connectivity index (χ1v) is 9.17. The Morgan fingerprint density at radius 1 is 0.897 bits per heavy atom. The van der Waals surface area contributed by atoms with Crippen LogP contribution in [0.2, 0.25) is 0 Å². The van der Waals surface area contributed by atoms with E-state index in [1.165, 1.54) is 6.92 Å². The number of nitrogens with one attached hydrogen (secondary N) is 3. The Bertz CT molecular complexity index is 959. The lowest BCUT2D eigenvalue weighted by Gasteiger charge is -2.10. The standard InChI is InChI=1S/C22H22N4O3/c1-16(27)24-17-6-5-7-18(14-17)25-21-11-10-19(15-23-21)26-22(28)12-13-29-20-8-3-2-4-9-20/h2-11,14-15H,12-13H2,1H3,(H,23,25)(H,24,27)(H,26,28). The lowest BCUT2D eigenvalue weighted by Crippen LogP contribution is -2.15. The molecule has 7 heteroatoms. The van der Waals surface area contributed by atoms with Crippen LogP contribution in [-0.4, -0.2) is 23.4 Å². The first kappa shape index (κ1) is 19.9. The second-order valence-corrected chi connectivity index (χ2v) is 6.28. The van der Waals surface area contributed by atoms with Gasteiger partial charge in [-0.05, 0) is 42.5 Å². The number of carbonyl (C=O) groups excluding carboxylic acids is 2. The summed E-state index contributed by atoms with van der Waals surface area (Å²) in [5, 5.41) is 8.68. The van der Waals surface area contributed by atoms with Crippen LogP contribution >= 0.6 is 0 Å². The Balaban J connectivity index is 1.48. The van der Waals surface area contributed by atoms with Crippen molar-refractivity contribution in [1.82, 2.24) is 4.98 Å². The van der Waals surface area contributed by atoms with Gasteiger partial charge in [0, 0.05) is 18.3 Å². The Morgan fingerprint density at radius 3 is 2.41 bits per heavy atom. The van der Waals surface area contributed by atoms with Crippen LogP contribution in [0.3, 0.4) is 0 Å². The average Bonchev–Trinajstić information content (AvgIpc) is 2.70. The third kappa shape index (κ3) is 6.66. The molecule has 0 aliphatic carbocycles. The molecule has 0 atom stereocenters. The number of amides is 2. The van der Waals surface area contributed by atoms with Crippen molar-refractivity contribution in [2.45, 2.75) is 13.3 Å². The molecule has 0 saturated carbocycles. The SMILES string of the molecule is CC(=O)Nc1cccc(Nc2ccc(NC(=O)CCOc3ccccc3)cn2)c1. The number of benzene rings is 2. The first-order chi connectivity index (χ1) is 14.1. The summed E-state index contributed by atoms with van der Waals surface area (Å²) < 4.78 is 5.52. The largest absolute Gasteiger partial charge is 0.493 e. The van der Waals surface area contributed by atoms with E-state index in [0.29, 0.717) is 23.8 Å². The number of hydrogen-bond donors (Lipinski definition) is 3. The lowest BCUT2D eigenvalue weighted by atomic mass is 10.2. The van der Waals surface area contributed by atoms with Crippen molar-refractivity contribution in [3.8, 4) is 5.75 Å². The molecular formula is C22H22N4O3. The van der Waals surface area contributed by atoms with Crippen LogP contribution < -0.4 is 20.7 Å². The number of nitrogens with zero attached hydrogens (tertiary/aromatic N) is 1. The van der Waals surface area contributed by atoms with Crippen molar-refractivity contribution in [2.24, 2.45) is 0 Å².